The fourth-order valence-electron chi connectivity index (χ4n) is 2.47. The Morgan fingerprint density at radius 3 is 2.43 bits per heavy atom. The first-order valence-electron chi connectivity index (χ1n) is 6.79. The molecule has 1 N–H and O–H groups in total. The first kappa shape index (κ1) is 17.7. The first-order valence-corrected chi connectivity index (χ1v) is 6.79. The van der Waals surface area contributed by atoms with Crippen LogP contribution < -0.4 is 0 Å². The normalized spacial score (nSPS) is 12.2. The van der Waals surface area contributed by atoms with E-state index in [4.69, 9.17) is 5.11 Å². The summed E-state index contributed by atoms with van der Waals surface area (Å²) in [4.78, 5) is 13.1. The molecular weight excluding hydrogens is 285 g/mol. The SMILES string of the molecule is CCn1c(C)cc(C(=O)CN(CCO)CC(F)(F)F)c1C. The van der Waals surface area contributed by atoms with Crippen molar-refractivity contribution in [3.05, 3.63) is 23.0 Å². The second-order valence-corrected chi connectivity index (χ2v) is 5.00. The van der Waals surface area contributed by atoms with Gasteiger partial charge < -0.3 is 9.67 Å². The van der Waals surface area contributed by atoms with E-state index >= 15 is 0 Å². The Morgan fingerprint density at radius 1 is 1.38 bits per heavy atom. The zero-order valence-corrected chi connectivity index (χ0v) is 12.5. The number of aromatic nitrogens is 1. The van der Waals surface area contributed by atoms with Crippen LogP contribution in [0.5, 0.6) is 0 Å². The number of aryl methyl sites for hydroxylation is 1. The van der Waals surface area contributed by atoms with Gasteiger partial charge in [0.15, 0.2) is 5.78 Å². The van der Waals surface area contributed by atoms with Gasteiger partial charge in [-0.1, -0.05) is 0 Å². The van der Waals surface area contributed by atoms with E-state index in [2.05, 4.69) is 0 Å². The molecule has 21 heavy (non-hydrogen) atoms. The average molecular weight is 306 g/mol. The molecule has 120 valence electrons. The number of nitrogens with zero attached hydrogens (tertiary/aromatic N) is 2. The minimum Gasteiger partial charge on any atom is -0.395 e. The maximum Gasteiger partial charge on any atom is 0.401 e. The number of hydrogen-bond donors (Lipinski definition) is 1. The number of alkyl halides is 3. The minimum atomic E-state index is -4.39. The summed E-state index contributed by atoms with van der Waals surface area (Å²) < 4.78 is 39.3. The highest BCUT2D eigenvalue weighted by Crippen LogP contribution is 2.19. The second kappa shape index (κ2) is 7.09. The van der Waals surface area contributed by atoms with Crippen LogP contribution in [0.1, 0.15) is 28.7 Å². The third-order valence-electron chi connectivity index (χ3n) is 3.38. The highest BCUT2D eigenvalue weighted by Gasteiger charge is 2.31. The van der Waals surface area contributed by atoms with Gasteiger partial charge in [-0.05, 0) is 26.8 Å². The van der Waals surface area contributed by atoms with Crippen LogP contribution in [0, 0.1) is 13.8 Å². The van der Waals surface area contributed by atoms with Crippen LogP contribution in [0.15, 0.2) is 6.07 Å². The molecule has 0 amide bonds. The zero-order chi connectivity index (χ0) is 16.2. The highest BCUT2D eigenvalue weighted by molar-refractivity contribution is 5.99. The molecule has 0 aliphatic heterocycles. The summed E-state index contributed by atoms with van der Waals surface area (Å²) in [6.45, 7) is 4.12. The average Bonchev–Trinajstić information content (AvgIpc) is 2.62. The maximum atomic E-state index is 12.4. The van der Waals surface area contributed by atoms with E-state index in [1.807, 2.05) is 18.4 Å². The number of carbonyl (C=O) groups excluding carboxylic acids is 1. The topological polar surface area (TPSA) is 45.5 Å². The lowest BCUT2D eigenvalue weighted by molar-refractivity contribution is -0.145. The molecule has 0 fully saturated rings. The lowest BCUT2D eigenvalue weighted by atomic mass is 10.1. The number of carbonyl (C=O) groups is 1. The van der Waals surface area contributed by atoms with E-state index in [9.17, 15) is 18.0 Å². The van der Waals surface area contributed by atoms with Crippen molar-refractivity contribution in [1.82, 2.24) is 9.47 Å². The van der Waals surface area contributed by atoms with Crippen LogP contribution >= 0.6 is 0 Å². The van der Waals surface area contributed by atoms with Crippen LogP contribution in [-0.4, -0.2) is 52.8 Å². The maximum absolute atomic E-state index is 12.4. The molecule has 1 aromatic rings. The Hall–Kier alpha value is -1.34. The molecule has 1 heterocycles. The standard InChI is InChI=1S/C14H21F3N2O2/c1-4-19-10(2)7-12(11(19)3)13(21)8-18(5-6-20)9-14(15,16)17/h7,20H,4-6,8-9H2,1-3H3. The Labute approximate surface area is 122 Å². The third kappa shape index (κ3) is 4.86. The molecule has 0 aliphatic rings. The molecule has 0 unspecified atom stereocenters. The van der Waals surface area contributed by atoms with Crippen molar-refractivity contribution in [3.63, 3.8) is 0 Å². The zero-order valence-electron chi connectivity index (χ0n) is 12.5. The lowest BCUT2D eigenvalue weighted by Gasteiger charge is -2.21. The molecule has 1 aromatic heterocycles. The van der Waals surface area contributed by atoms with Crippen molar-refractivity contribution >= 4 is 5.78 Å². The molecule has 0 atom stereocenters. The van der Waals surface area contributed by atoms with Crippen LogP contribution in [0.3, 0.4) is 0 Å². The summed E-state index contributed by atoms with van der Waals surface area (Å²) >= 11 is 0. The van der Waals surface area contributed by atoms with Crippen molar-refractivity contribution in [2.75, 3.05) is 26.2 Å². The predicted octanol–water partition coefficient (Wildman–Crippen LogP) is 2.16. The molecule has 0 aliphatic carbocycles. The van der Waals surface area contributed by atoms with Gasteiger partial charge in [-0.15, -0.1) is 0 Å². The largest absolute Gasteiger partial charge is 0.401 e. The van der Waals surface area contributed by atoms with Crippen molar-refractivity contribution in [2.24, 2.45) is 0 Å². The van der Waals surface area contributed by atoms with Gasteiger partial charge in [-0.25, -0.2) is 0 Å². The van der Waals surface area contributed by atoms with E-state index in [0.29, 0.717) is 12.1 Å². The van der Waals surface area contributed by atoms with Crippen molar-refractivity contribution in [3.8, 4) is 0 Å². The molecular formula is C14H21F3N2O2. The van der Waals surface area contributed by atoms with Crippen molar-refractivity contribution in [2.45, 2.75) is 33.5 Å². The van der Waals surface area contributed by atoms with Gasteiger partial charge in [0, 0.05) is 30.0 Å². The predicted molar refractivity (Wildman–Crippen MR) is 73.5 cm³/mol. The molecule has 1 rings (SSSR count). The Balaban J connectivity index is 2.87. The lowest BCUT2D eigenvalue weighted by Crippen LogP contribution is -2.39. The summed E-state index contributed by atoms with van der Waals surface area (Å²) in [6.07, 6.45) is -4.39. The fourth-order valence-corrected chi connectivity index (χ4v) is 2.47. The Bertz CT molecular complexity index is 495. The number of ketones is 1. The van der Waals surface area contributed by atoms with Crippen LogP contribution in [0.25, 0.3) is 0 Å². The molecule has 0 bridgehead atoms. The van der Waals surface area contributed by atoms with Crippen LogP contribution in [-0.2, 0) is 6.54 Å². The number of Topliss-reactive ketones (excluding diaryl/α,β-unsaturated/α-hetero) is 1. The van der Waals surface area contributed by atoms with Crippen LogP contribution in [0.4, 0.5) is 13.2 Å². The summed E-state index contributed by atoms with van der Waals surface area (Å²) in [7, 11) is 0. The van der Waals surface area contributed by atoms with Gasteiger partial charge in [-0.3, -0.25) is 9.69 Å². The van der Waals surface area contributed by atoms with Gasteiger partial charge in [0.1, 0.15) is 0 Å². The van der Waals surface area contributed by atoms with E-state index in [1.54, 1.807) is 13.0 Å². The van der Waals surface area contributed by atoms with E-state index in [0.717, 1.165) is 16.3 Å². The molecule has 0 saturated carbocycles. The summed E-state index contributed by atoms with van der Waals surface area (Å²) in [6, 6.07) is 1.70. The summed E-state index contributed by atoms with van der Waals surface area (Å²) in [5.41, 5.74) is 2.11. The number of aliphatic hydroxyl groups is 1. The first-order chi connectivity index (χ1) is 9.69. The van der Waals surface area contributed by atoms with E-state index in [-0.39, 0.29) is 18.9 Å². The monoisotopic (exact) mass is 306 g/mol. The Kier molecular flexibility index (Phi) is 5.98. The van der Waals surface area contributed by atoms with Crippen molar-refractivity contribution in [1.29, 1.82) is 0 Å². The third-order valence-corrected chi connectivity index (χ3v) is 3.38. The molecule has 0 saturated heterocycles. The number of rotatable bonds is 7. The van der Waals surface area contributed by atoms with Crippen LogP contribution in [0.2, 0.25) is 0 Å². The van der Waals surface area contributed by atoms with Gasteiger partial charge in [0.25, 0.3) is 0 Å². The summed E-state index contributed by atoms with van der Waals surface area (Å²) in [5.74, 6) is -0.361. The van der Waals surface area contributed by atoms with E-state index in [1.165, 1.54) is 0 Å². The molecule has 0 radical (unpaired) electrons. The van der Waals surface area contributed by atoms with Gasteiger partial charge in [0.05, 0.1) is 19.7 Å². The smallest absolute Gasteiger partial charge is 0.395 e. The van der Waals surface area contributed by atoms with Gasteiger partial charge in [-0.2, -0.15) is 13.2 Å². The molecule has 7 heteroatoms. The summed E-state index contributed by atoms with van der Waals surface area (Å²) in [5, 5.41) is 8.83. The molecule has 4 nitrogen and oxygen atoms in total. The molecule has 0 aromatic carbocycles. The van der Waals surface area contributed by atoms with E-state index < -0.39 is 19.3 Å². The fraction of sp³-hybridized carbons (Fsp3) is 0.643. The highest BCUT2D eigenvalue weighted by atomic mass is 19.4. The molecule has 0 spiro atoms. The van der Waals surface area contributed by atoms with Gasteiger partial charge in [0.2, 0.25) is 0 Å². The number of hydrogen-bond acceptors (Lipinski definition) is 3. The Morgan fingerprint density at radius 2 is 2.00 bits per heavy atom. The minimum absolute atomic E-state index is 0.183. The quantitative estimate of drug-likeness (QED) is 0.785. The van der Waals surface area contributed by atoms with Gasteiger partial charge >= 0.3 is 6.18 Å². The number of halogens is 3. The van der Waals surface area contributed by atoms with Crippen molar-refractivity contribution < 1.29 is 23.1 Å². The second-order valence-electron chi connectivity index (χ2n) is 5.00. The number of aliphatic hydroxyl groups excluding tert-OH is 1.